The molecule has 0 saturated carbocycles. The third-order valence-electron chi connectivity index (χ3n) is 5.36. The van der Waals surface area contributed by atoms with Gasteiger partial charge in [0.15, 0.2) is 5.78 Å². The molecule has 2 aromatic carbocycles. The molecule has 1 aliphatic heterocycles. The van der Waals surface area contributed by atoms with Crippen molar-refractivity contribution in [1.29, 1.82) is 0 Å². The lowest BCUT2D eigenvalue weighted by atomic mass is 9.73. The van der Waals surface area contributed by atoms with Crippen LogP contribution in [0.2, 0.25) is 4.34 Å². The van der Waals surface area contributed by atoms with Gasteiger partial charge in [-0.25, -0.2) is 4.39 Å². The van der Waals surface area contributed by atoms with E-state index >= 15 is 0 Å². The van der Waals surface area contributed by atoms with Crippen LogP contribution in [-0.4, -0.2) is 18.3 Å². The second-order valence-electron chi connectivity index (χ2n) is 7.30. The Labute approximate surface area is 182 Å². The fraction of sp³-hybridized carbons (Fsp3) is 0.217. The summed E-state index contributed by atoms with van der Waals surface area (Å²) in [5, 5.41) is 3.14. The number of hydrogen-bond acceptors (Lipinski definition) is 4. The predicted molar refractivity (Wildman–Crippen MR) is 117 cm³/mol. The van der Waals surface area contributed by atoms with Crippen LogP contribution in [0.3, 0.4) is 0 Å². The van der Waals surface area contributed by atoms with Gasteiger partial charge in [0, 0.05) is 11.1 Å². The SMILES string of the molecule is CCOc1ccc(C2(C)C(=O)Nc3sc(Cl)c(-c4ccc(C)cc4F)c3C2=O)cc1. The molecule has 4 rings (SSSR count). The van der Waals surface area contributed by atoms with Crippen LogP contribution in [0.25, 0.3) is 11.1 Å². The van der Waals surface area contributed by atoms with Crippen molar-refractivity contribution in [2.45, 2.75) is 26.2 Å². The first-order chi connectivity index (χ1) is 14.3. The monoisotopic (exact) mass is 443 g/mol. The van der Waals surface area contributed by atoms with Gasteiger partial charge in [0.25, 0.3) is 0 Å². The molecule has 2 heterocycles. The number of carbonyl (C=O) groups excluding carboxylic acids is 2. The number of fused-ring (bicyclic) bond motifs is 1. The molecule has 0 bridgehead atoms. The van der Waals surface area contributed by atoms with Crippen molar-refractivity contribution in [2.75, 3.05) is 11.9 Å². The van der Waals surface area contributed by atoms with E-state index in [4.69, 9.17) is 16.3 Å². The van der Waals surface area contributed by atoms with Gasteiger partial charge < -0.3 is 10.1 Å². The molecule has 1 unspecified atom stereocenters. The van der Waals surface area contributed by atoms with E-state index < -0.39 is 22.9 Å². The van der Waals surface area contributed by atoms with E-state index in [0.29, 0.717) is 28.5 Å². The number of hydrogen-bond donors (Lipinski definition) is 1. The molecule has 0 fully saturated rings. The second-order valence-corrected chi connectivity index (χ2v) is 8.93. The number of anilines is 1. The molecule has 1 amide bonds. The van der Waals surface area contributed by atoms with E-state index in [1.807, 2.05) is 6.92 Å². The van der Waals surface area contributed by atoms with Gasteiger partial charge in [-0.3, -0.25) is 9.59 Å². The van der Waals surface area contributed by atoms with Crippen molar-refractivity contribution in [3.05, 3.63) is 69.3 Å². The topological polar surface area (TPSA) is 55.4 Å². The molecule has 7 heteroatoms. The van der Waals surface area contributed by atoms with E-state index in [1.165, 1.54) is 6.07 Å². The van der Waals surface area contributed by atoms with Crippen LogP contribution in [0, 0.1) is 12.7 Å². The van der Waals surface area contributed by atoms with Gasteiger partial charge in [-0.15, -0.1) is 11.3 Å². The van der Waals surface area contributed by atoms with Crippen LogP contribution >= 0.6 is 22.9 Å². The third kappa shape index (κ3) is 3.11. The minimum Gasteiger partial charge on any atom is -0.494 e. The lowest BCUT2D eigenvalue weighted by Crippen LogP contribution is -2.48. The maximum Gasteiger partial charge on any atom is 0.243 e. The Hall–Kier alpha value is -2.70. The molecule has 0 aliphatic carbocycles. The second kappa shape index (κ2) is 7.52. The summed E-state index contributed by atoms with van der Waals surface area (Å²) in [4.78, 5) is 26.7. The summed E-state index contributed by atoms with van der Waals surface area (Å²) in [6, 6.07) is 11.6. The highest BCUT2D eigenvalue weighted by atomic mass is 35.5. The van der Waals surface area contributed by atoms with Gasteiger partial charge in [0.2, 0.25) is 5.91 Å². The molecule has 3 aromatic rings. The van der Waals surface area contributed by atoms with Crippen LogP contribution in [0.4, 0.5) is 9.39 Å². The molecule has 1 N–H and O–H groups in total. The highest BCUT2D eigenvalue weighted by molar-refractivity contribution is 7.21. The average Bonchev–Trinajstić information content (AvgIpc) is 3.02. The number of rotatable bonds is 4. The van der Waals surface area contributed by atoms with E-state index in [1.54, 1.807) is 50.2 Å². The quantitative estimate of drug-likeness (QED) is 0.502. The molecule has 1 atom stereocenters. The number of ether oxygens (including phenoxy) is 1. The first kappa shape index (κ1) is 20.6. The van der Waals surface area contributed by atoms with Crippen molar-refractivity contribution >= 4 is 39.6 Å². The van der Waals surface area contributed by atoms with Gasteiger partial charge in [-0.05, 0) is 50.1 Å². The Morgan fingerprint density at radius 3 is 2.47 bits per heavy atom. The fourth-order valence-corrected chi connectivity index (χ4v) is 5.03. The molecule has 0 saturated heterocycles. The molecular weight excluding hydrogens is 425 g/mol. The smallest absolute Gasteiger partial charge is 0.243 e. The highest BCUT2D eigenvalue weighted by Gasteiger charge is 2.49. The third-order valence-corrected chi connectivity index (χ3v) is 6.68. The van der Waals surface area contributed by atoms with E-state index in [2.05, 4.69) is 5.32 Å². The molecule has 1 aromatic heterocycles. The fourth-order valence-electron chi connectivity index (χ4n) is 3.67. The van der Waals surface area contributed by atoms with Crippen molar-refractivity contribution in [3.63, 3.8) is 0 Å². The van der Waals surface area contributed by atoms with E-state index in [0.717, 1.165) is 16.9 Å². The van der Waals surface area contributed by atoms with Crippen molar-refractivity contribution < 1.29 is 18.7 Å². The molecule has 1 aliphatic rings. The van der Waals surface area contributed by atoms with Gasteiger partial charge in [0.1, 0.15) is 26.3 Å². The first-order valence-electron chi connectivity index (χ1n) is 9.45. The lowest BCUT2D eigenvalue weighted by Gasteiger charge is -2.32. The highest BCUT2D eigenvalue weighted by Crippen LogP contribution is 2.49. The summed E-state index contributed by atoms with van der Waals surface area (Å²) < 4.78 is 20.4. The Kier molecular flexibility index (Phi) is 5.16. The Morgan fingerprint density at radius 1 is 1.13 bits per heavy atom. The molecule has 0 radical (unpaired) electrons. The van der Waals surface area contributed by atoms with Gasteiger partial charge >= 0.3 is 0 Å². The number of halogens is 2. The van der Waals surface area contributed by atoms with Crippen LogP contribution in [0.15, 0.2) is 42.5 Å². The number of benzene rings is 2. The largest absolute Gasteiger partial charge is 0.494 e. The van der Waals surface area contributed by atoms with E-state index in [-0.39, 0.29) is 15.5 Å². The van der Waals surface area contributed by atoms with Gasteiger partial charge in [0.05, 0.1) is 12.2 Å². The predicted octanol–water partition coefficient (Wildman–Crippen LogP) is 6.01. The number of thiophene rings is 1. The number of Topliss-reactive ketones (excluding diaryl/α,β-unsaturated/α-hetero) is 1. The summed E-state index contributed by atoms with van der Waals surface area (Å²) >= 11 is 7.48. The van der Waals surface area contributed by atoms with Crippen molar-refractivity contribution in [1.82, 2.24) is 0 Å². The van der Waals surface area contributed by atoms with Crippen LogP contribution in [0.5, 0.6) is 5.75 Å². The zero-order valence-electron chi connectivity index (χ0n) is 16.6. The average molecular weight is 444 g/mol. The van der Waals surface area contributed by atoms with Crippen molar-refractivity contribution in [3.8, 4) is 16.9 Å². The van der Waals surface area contributed by atoms with Gasteiger partial charge in [-0.2, -0.15) is 0 Å². The molecule has 154 valence electrons. The number of ketones is 1. The summed E-state index contributed by atoms with van der Waals surface area (Å²) in [7, 11) is 0. The summed E-state index contributed by atoms with van der Waals surface area (Å²) in [5.74, 6) is -0.679. The number of nitrogens with one attached hydrogen (secondary N) is 1. The normalized spacial score (nSPS) is 18.2. The number of aryl methyl sites for hydroxylation is 1. The molecule has 4 nitrogen and oxygen atoms in total. The van der Waals surface area contributed by atoms with Gasteiger partial charge in [-0.1, -0.05) is 35.9 Å². The number of amides is 1. The molecular formula is C23H19ClFNO3S. The minimum absolute atomic E-state index is 0.238. The van der Waals surface area contributed by atoms with Crippen molar-refractivity contribution in [2.24, 2.45) is 0 Å². The van der Waals surface area contributed by atoms with Crippen LogP contribution in [0.1, 0.15) is 35.3 Å². The van der Waals surface area contributed by atoms with E-state index in [9.17, 15) is 14.0 Å². The Bertz CT molecular complexity index is 1170. The lowest BCUT2D eigenvalue weighted by molar-refractivity contribution is -0.119. The summed E-state index contributed by atoms with van der Waals surface area (Å²) in [5.41, 5.74) is 0.603. The van der Waals surface area contributed by atoms with Crippen LogP contribution in [-0.2, 0) is 10.2 Å². The molecule has 30 heavy (non-hydrogen) atoms. The number of carbonyl (C=O) groups is 2. The Balaban J connectivity index is 1.86. The van der Waals surface area contributed by atoms with Crippen LogP contribution < -0.4 is 10.1 Å². The summed E-state index contributed by atoms with van der Waals surface area (Å²) in [6.45, 7) is 5.75. The minimum atomic E-state index is -1.47. The maximum absolute atomic E-state index is 14.7. The summed E-state index contributed by atoms with van der Waals surface area (Å²) in [6.07, 6.45) is 0. The standard InChI is InChI=1S/C23H19ClFNO3S/c1-4-29-14-8-6-13(7-9-14)23(3)19(27)18-17(15-10-5-12(2)11-16(15)25)20(24)30-21(18)26-22(23)28/h5-11H,4H2,1-3H3,(H,26,28). The zero-order chi connectivity index (χ0) is 21.6. The Morgan fingerprint density at radius 2 is 1.83 bits per heavy atom. The zero-order valence-corrected chi connectivity index (χ0v) is 18.2. The molecule has 0 spiro atoms. The first-order valence-corrected chi connectivity index (χ1v) is 10.6. The maximum atomic E-state index is 14.7.